The SMILES string of the molecule is CCOC(=O)C=C1CC(c2ccc(S(C)(=O)=O)cc2)=C1c1ccccc1. The van der Waals surface area contributed by atoms with Crippen LogP contribution < -0.4 is 0 Å². The average molecular weight is 368 g/mol. The molecule has 5 heteroatoms. The van der Waals surface area contributed by atoms with Gasteiger partial charge in [0.05, 0.1) is 11.5 Å². The molecule has 4 nitrogen and oxygen atoms in total. The fourth-order valence-corrected chi connectivity index (χ4v) is 3.65. The quantitative estimate of drug-likeness (QED) is 0.593. The predicted molar refractivity (Wildman–Crippen MR) is 102 cm³/mol. The van der Waals surface area contributed by atoms with Crippen LogP contribution in [-0.4, -0.2) is 27.2 Å². The largest absolute Gasteiger partial charge is 0.463 e. The van der Waals surface area contributed by atoms with Gasteiger partial charge < -0.3 is 4.74 Å². The van der Waals surface area contributed by atoms with Crippen molar-refractivity contribution in [3.63, 3.8) is 0 Å². The number of hydrogen-bond donors (Lipinski definition) is 0. The molecule has 1 aliphatic carbocycles. The summed E-state index contributed by atoms with van der Waals surface area (Å²) in [5.41, 5.74) is 5.00. The lowest BCUT2D eigenvalue weighted by atomic mass is 9.75. The van der Waals surface area contributed by atoms with E-state index in [2.05, 4.69) is 0 Å². The molecule has 0 spiro atoms. The Morgan fingerprint density at radius 2 is 1.69 bits per heavy atom. The van der Waals surface area contributed by atoms with E-state index in [9.17, 15) is 13.2 Å². The Morgan fingerprint density at radius 1 is 1.04 bits per heavy atom. The van der Waals surface area contributed by atoms with Crippen LogP contribution in [0.3, 0.4) is 0 Å². The Hall–Kier alpha value is -2.66. The first-order valence-electron chi connectivity index (χ1n) is 8.37. The zero-order valence-corrected chi connectivity index (χ0v) is 15.5. The molecule has 0 aliphatic heterocycles. The molecule has 134 valence electrons. The molecule has 0 heterocycles. The Morgan fingerprint density at radius 3 is 2.27 bits per heavy atom. The third-order valence-electron chi connectivity index (χ3n) is 4.26. The predicted octanol–water partition coefficient (Wildman–Crippen LogP) is 3.89. The van der Waals surface area contributed by atoms with Gasteiger partial charge in [-0.05, 0) is 53.3 Å². The number of hydrogen-bond acceptors (Lipinski definition) is 4. The first-order chi connectivity index (χ1) is 12.4. The van der Waals surface area contributed by atoms with Gasteiger partial charge in [0.2, 0.25) is 0 Å². The van der Waals surface area contributed by atoms with E-state index in [0.29, 0.717) is 17.9 Å². The number of rotatable bonds is 5. The van der Waals surface area contributed by atoms with E-state index in [4.69, 9.17) is 4.74 Å². The number of sulfone groups is 1. The molecule has 3 rings (SSSR count). The summed E-state index contributed by atoms with van der Waals surface area (Å²) in [6, 6.07) is 16.7. The topological polar surface area (TPSA) is 60.4 Å². The Labute approximate surface area is 153 Å². The molecular weight excluding hydrogens is 348 g/mol. The van der Waals surface area contributed by atoms with Crippen molar-refractivity contribution in [1.29, 1.82) is 0 Å². The Balaban J connectivity index is 2.04. The van der Waals surface area contributed by atoms with Gasteiger partial charge in [-0.1, -0.05) is 42.5 Å². The number of benzene rings is 2. The third-order valence-corrected chi connectivity index (χ3v) is 5.39. The van der Waals surface area contributed by atoms with Crippen LogP contribution in [0.5, 0.6) is 0 Å². The maximum Gasteiger partial charge on any atom is 0.331 e. The molecule has 0 saturated heterocycles. The van der Waals surface area contributed by atoms with Gasteiger partial charge in [-0.15, -0.1) is 0 Å². The van der Waals surface area contributed by atoms with Crippen molar-refractivity contribution >= 4 is 27.0 Å². The van der Waals surface area contributed by atoms with Gasteiger partial charge in [0.15, 0.2) is 9.84 Å². The fourth-order valence-electron chi connectivity index (χ4n) is 3.02. The van der Waals surface area contributed by atoms with Crippen LogP contribution in [0.25, 0.3) is 11.1 Å². The minimum absolute atomic E-state index is 0.296. The molecule has 0 radical (unpaired) electrons. The summed E-state index contributed by atoms with van der Waals surface area (Å²) in [5, 5.41) is 0. The molecule has 0 bridgehead atoms. The van der Waals surface area contributed by atoms with Crippen molar-refractivity contribution in [3.8, 4) is 0 Å². The lowest BCUT2D eigenvalue weighted by Gasteiger charge is -2.28. The summed E-state index contributed by atoms with van der Waals surface area (Å²) in [4.78, 5) is 12.1. The molecule has 0 amide bonds. The van der Waals surface area contributed by atoms with Crippen molar-refractivity contribution in [2.24, 2.45) is 0 Å². The molecule has 0 unspecified atom stereocenters. The molecule has 2 aromatic carbocycles. The molecule has 0 N–H and O–H groups in total. The van der Waals surface area contributed by atoms with Crippen LogP contribution in [-0.2, 0) is 19.4 Å². The van der Waals surface area contributed by atoms with E-state index in [0.717, 1.165) is 27.8 Å². The van der Waals surface area contributed by atoms with Crippen molar-refractivity contribution in [3.05, 3.63) is 77.4 Å². The first kappa shape index (κ1) is 18.1. The first-order valence-corrected chi connectivity index (χ1v) is 10.3. The lowest BCUT2D eigenvalue weighted by molar-refractivity contribution is -0.137. The fraction of sp³-hybridized carbons (Fsp3) is 0.190. The van der Waals surface area contributed by atoms with Gasteiger partial charge in [0.25, 0.3) is 0 Å². The molecule has 0 fully saturated rings. The van der Waals surface area contributed by atoms with Crippen LogP contribution in [0.1, 0.15) is 24.5 Å². The highest BCUT2D eigenvalue weighted by Crippen LogP contribution is 2.46. The van der Waals surface area contributed by atoms with E-state index in [1.165, 1.54) is 6.26 Å². The highest BCUT2D eigenvalue weighted by Gasteiger charge is 2.26. The molecule has 0 atom stereocenters. The smallest absolute Gasteiger partial charge is 0.331 e. The monoisotopic (exact) mass is 368 g/mol. The summed E-state index contributed by atoms with van der Waals surface area (Å²) in [7, 11) is -3.22. The zero-order chi connectivity index (χ0) is 18.7. The lowest BCUT2D eigenvalue weighted by Crippen LogP contribution is -2.11. The summed E-state index contributed by atoms with van der Waals surface area (Å²) in [6.07, 6.45) is 3.38. The molecule has 0 aromatic heterocycles. The van der Waals surface area contributed by atoms with E-state index < -0.39 is 9.84 Å². The molecule has 1 aliphatic rings. The highest BCUT2D eigenvalue weighted by atomic mass is 32.2. The van der Waals surface area contributed by atoms with E-state index in [1.807, 2.05) is 42.5 Å². The summed E-state index contributed by atoms with van der Waals surface area (Å²) in [5.74, 6) is -0.345. The minimum Gasteiger partial charge on any atom is -0.463 e. The number of allylic oxidation sites excluding steroid dienone is 3. The van der Waals surface area contributed by atoms with E-state index >= 15 is 0 Å². The molecule has 26 heavy (non-hydrogen) atoms. The number of carbonyl (C=O) groups is 1. The number of ether oxygens (including phenoxy) is 1. The van der Waals surface area contributed by atoms with Crippen molar-refractivity contribution in [2.75, 3.05) is 12.9 Å². The molecule has 0 saturated carbocycles. The second kappa shape index (κ2) is 7.30. The average Bonchev–Trinajstić information content (AvgIpc) is 2.59. The maximum atomic E-state index is 11.8. The van der Waals surface area contributed by atoms with Gasteiger partial charge in [-0.2, -0.15) is 0 Å². The summed E-state index contributed by atoms with van der Waals surface area (Å²) < 4.78 is 28.3. The molecule has 2 aromatic rings. The third kappa shape index (κ3) is 3.78. The van der Waals surface area contributed by atoms with Gasteiger partial charge >= 0.3 is 5.97 Å². The second-order valence-electron chi connectivity index (χ2n) is 6.11. The van der Waals surface area contributed by atoms with Crippen molar-refractivity contribution in [2.45, 2.75) is 18.2 Å². The van der Waals surface area contributed by atoms with Crippen LogP contribution in [0.2, 0.25) is 0 Å². The van der Waals surface area contributed by atoms with Crippen LogP contribution in [0.15, 0.2) is 71.1 Å². The van der Waals surface area contributed by atoms with E-state index in [-0.39, 0.29) is 5.97 Å². The summed E-state index contributed by atoms with van der Waals surface area (Å²) >= 11 is 0. The van der Waals surface area contributed by atoms with Crippen molar-refractivity contribution < 1.29 is 17.9 Å². The van der Waals surface area contributed by atoms with Crippen molar-refractivity contribution in [1.82, 2.24) is 0 Å². The van der Waals surface area contributed by atoms with Gasteiger partial charge in [-0.3, -0.25) is 0 Å². The molecular formula is C21H20O4S. The highest BCUT2D eigenvalue weighted by molar-refractivity contribution is 7.90. The van der Waals surface area contributed by atoms with Crippen LogP contribution in [0, 0.1) is 0 Å². The normalized spacial score (nSPS) is 15.7. The Kier molecular flexibility index (Phi) is 5.09. The standard InChI is InChI=1S/C21H20O4S/c1-3-25-20(22)14-17-13-19(21(17)16-7-5-4-6-8-16)15-9-11-18(12-10-15)26(2,23)24/h4-12,14H,3,13H2,1-2H3. The zero-order valence-electron chi connectivity index (χ0n) is 14.7. The maximum absolute atomic E-state index is 11.8. The Bertz CT molecular complexity index is 982. The van der Waals surface area contributed by atoms with Crippen LogP contribution >= 0.6 is 0 Å². The van der Waals surface area contributed by atoms with Crippen LogP contribution in [0.4, 0.5) is 0 Å². The summed E-state index contributed by atoms with van der Waals surface area (Å²) in [6.45, 7) is 2.12. The van der Waals surface area contributed by atoms with Gasteiger partial charge in [0, 0.05) is 12.3 Å². The van der Waals surface area contributed by atoms with Gasteiger partial charge in [0.1, 0.15) is 0 Å². The number of carbonyl (C=O) groups excluding carboxylic acids is 1. The van der Waals surface area contributed by atoms with Gasteiger partial charge in [-0.25, -0.2) is 13.2 Å². The second-order valence-corrected chi connectivity index (χ2v) is 8.13. The number of esters is 1. The minimum atomic E-state index is -3.22. The van der Waals surface area contributed by atoms with E-state index in [1.54, 1.807) is 25.1 Å².